The smallest absolute Gasteiger partial charge is 0.144 e. The van der Waals surface area contributed by atoms with E-state index in [4.69, 9.17) is 16.3 Å². The number of rotatable bonds is 0. The van der Waals surface area contributed by atoms with Crippen LogP contribution < -0.4 is 10.1 Å². The van der Waals surface area contributed by atoms with Crippen LogP contribution in [-0.2, 0) is 5.41 Å². The molecule has 1 N–H and O–H groups in total. The lowest BCUT2D eigenvalue weighted by atomic mass is 9.87. The average Bonchev–Trinajstić information content (AvgIpc) is 2.16. The Kier molecular flexibility index (Phi) is 2.55. The number of benzene rings is 1. The standard InChI is InChI=1S/C12H16ClNO/c1-12(2,3)8-6-9(13)11-10(7-8)15-5-4-14-11/h6-7,14H,4-5H2,1-3H3. The molecule has 1 heterocycles. The summed E-state index contributed by atoms with van der Waals surface area (Å²) in [6.45, 7) is 8.03. The van der Waals surface area contributed by atoms with Crippen LogP contribution in [0.5, 0.6) is 5.75 Å². The van der Waals surface area contributed by atoms with Gasteiger partial charge in [-0.3, -0.25) is 0 Å². The van der Waals surface area contributed by atoms with E-state index in [1.54, 1.807) is 0 Å². The molecule has 0 amide bonds. The first kappa shape index (κ1) is 10.6. The van der Waals surface area contributed by atoms with Crippen molar-refractivity contribution in [1.82, 2.24) is 0 Å². The maximum Gasteiger partial charge on any atom is 0.144 e. The molecule has 2 rings (SSSR count). The lowest BCUT2D eigenvalue weighted by Crippen LogP contribution is -2.20. The molecule has 0 unspecified atom stereocenters. The number of halogens is 1. The van der Waals surface area contributed by atoms with Crippen molar-refractivity contribution < 1.29 is 4.74 Å². The Morgan fingerprint density at radius 1 is 1.33 bits per heavy atom. The maximum absolute atomic E-state index is 6.21. The van der Waals surface area contributed by atoms with Gasteiger partial charge in [0.05, 0.1) is 10.7 Å². The predicted octanol–water partition coefficient (Wildman–Crippen LogP) is 3.44. The average molecular weight is 226 g/mol. The molecule has 0 saturated carbocycles. The van der Waals surface area contributed by atoms with Gasteiger partial charge in [0.15, 0.2) is 0 Å². The Morgan fingerprint density at radius 3 is 2.73 bits per heavy atom. The molecule has 0 aliphatic carbocycles. The lowest BCUT2D eigenvalue weighted by Gasteiger charge is -2.25. The van der Waals surface area contributed by atoms with E-state index in [0.717, 1.165) is 23.0 Å². The SMILES string of the molecule is CC(C)(C)c1cc(Cl)c2c(c1)OCCN2. The zero-order chi connectivity index (χ0) is 11.1. The van der Waals surface area contributed by atoms with Gasteiger partial charge in [0.25, 0.3) is 0 Å². The Labute approximate surface area is 95.6 Å². The van der Waals surface area contributed by atoms with E-state index in [9.17, 15) is 0 Å². The highest BCUT2D eigenvalue weighted by atomic mass is 35.5. The van der Waals surface area contributed by atoms with Crippen LogP contribution in [0.3, 0.4) is 0 Å². The molecule has 0 bridgehead atoms. The highest BCUT2D eigenvalue weighted by molar-refractivity contribution is 6.33. The van der Waals surface area contributed by atoms with E-state index in [0.29, 0.717) is 6.61 Å². The Bertz CT molecular complexity index is 382. The summed E-state index contributed by atoms with van der Waals surface area (Å²) in [6.07, 6.45) is 0. The highest BCUT2D eigenvalue weighted by Gasteiger charge is 2.20. The predicted molar refractivity (Wildman–Crippen MR) is 64.1 cm³/mol. The van der Waals surface area contributed by atoms with Crippen molar-refractivity contribution in [3.63, 3.8) is 0 Å². The molecule has 1 aromatic rings. The second kappa shape index (κ2) is 3.60. The summed E-state index contributed by atoms with van der Waals surface area (Å²) in [5, 5.41) is 4.00. The fourth-order valence-electron chi connectivity index (χ4n) is 1.64. The Hall–Kier alpha value is -0.890. The largest absolute Gasteiger partial charge is 0.490 e. The molecule has 0 atom stereocenters. The van der Waals surface area contributed by atoms with E-state index in [-0.39, 0.29) is 5.41 Å². The lowest BCUT2D eigenvalue weighted by molar-refractivity contribution is 0.322. The molecular formula is C12H16ClNO. The molecule has 82 valence electrons. The third-order valence-electron chi connectivity index (χ3n) is 2.58. The number of fused-ring (bicyclic) bond motifs is 1. The summed E-state index contributed by atoms with van der Waals surface area (Å²) in [4.78, 5) is 0. The molecule has 2 nitrogen and oxygen atoms in total. The molecule has 0 aromatic heterocycles. The molecule has 1 aliphatic heterocycles. The first-order chi connectivity index (χ1) is 6.98. The van der Waals surface area contributed by atoms with E-state index in [1.165, 1.54) is 5.56 Å². The maximum atomic E-state index is 6.21. The van der Waals surface area contributed by atoms with Crippen molar-refractivity contribution in [2.24, 2.45) is 0 Å². The fraction of sp³-hybridized carbons (Fsp3) is 0.500. The highest BCUT2D eigenvalue weighted by Crippen LogP contribution is 2.38. The third kappa shape index (κ3) is 2.05. The molecule has 1 aromatic carbocycles. The van der Waals surface area contributed by atoms with Gasteiger partial charge >= 0.3 is 0 Å². The van der Waals surface area contributed by atoms with Gasteiger partial charge in [-0.05, 0) is 23.1 Å². The normalized spacial score (nSPS) is 15.2. The summed E-state index contributed by atoms with van der Waals surface area (Å²) >= 11 is 6.21. The Morgan fingerprint density at radius 2 is 2.07 bits per heavy atom. The number of nitrogens with one attached hydrogen (secondary N) is 1. The summed E-state index contributed by atoms with van der Waals surface area (Å²) in [7, 11) is 0. The quantitative estimate of drug-likeness (QED) is 0.731. The second-order valence-electron chi connectivity index (χ2n) is 4.86. The first-order valence-electron chi connectivity index (χ1n) is 5.19. The minimum Gasteiger partial charge on any atom is -0.490 e. The topological polar surface area (TPSA) is 21.3 Å². The van der Waals surface area contributed by atoms with Crippen molar-refractivity contribution in [3.05, 3.63) is 22.7 Å². The van der Waals surface area contributed by atoms with Gasteiger partial charge in [0, 0.05) is 6.54 Å². The number of hydrogen-bond acceptors (Lipinski definition) is 2. The first-order valence-corrected chi connectivity index (χ1v) is 5.57. The van der Waals surface area contributed by atoms with E-state index in [1.807, 2.05) is 6.07 Å². The summed E-state index contributed by atoms with van der Waals surface area (Å²) in [5.41, 5.74) is 2.23. The summed E-state index contributed by atoms with van der Waals surface area (Å²) in [5.74, 6) is 0.874. The third-order valence-corrected chi connectivity index (χ3v) is 2.88. The van der Waals surface area contributed by atoms with Crippen molar-refractivity contribution in [2.45, 2.75) is 26.2 Å². The van der Waals surface area contributed by atoms with Gasteiger partial charge in [0.1, 0.15) is 12.4 Å². The molecule has 1 aliphatic rings. The second-order valence-corrected chi connectivity index (χ2v) is 5.26. The van der Waals surface area contributed by atoms with Crippen LogP contribution in [0.4, 0.5) is 5.69 Å². The van der Waals surface area contributed by atoms with Gasteiger partial charge in [-0.1, -0.05) is 32.4 Å². The van der Waals surface area contributed by atoms with Crippen LogP contribution in [0.1, 0.15) is 26.3 Å². The van der Waals surface area contributed by atoms with E-state index < -0.39 is 0 Å². The summed E-state index contributed by atoms with van der Waals surface area (Å²) in [6, 6.07) is 4.09. The minimum absolute atomic E-state index is 0.0967. The minimum atomic E-state index is 0.0967. The molecule has 0 fully saturated rings. The molecular weight excluding hydrogens is 210 g/mol. The molecule has 15 heavy (non-hydrogen) atoms. The zero-order valence-electron chi connectivity index (χ0n) is 9.36. The monoisotopic (exact) mass is 225 g/mol. The molecule has 3 heteroatoms. The van der Waals surface area contributed by atoms with Crippen molar-refractivity contribution >= 4 is 17.3 Å². The van der Waals surface area contributed by atoms with Crippen LogP contribution in [0.25, 0.3) is 0 Å². The van der Waals surface area contributed by atoms with Gasteiger partial charge in [0.2, 0.25) is 0 Å². The van der Waals surface area contributed by atoms with Crippen LogP contribution in [0.2, 0.25) is 5.02 Å². The van der Waals surface area contributed by atoms with Crippen molar-refractivity contribution in [3.8, 4) is 5.75 Å². The fourth-order valence-corrected chi connectivity index (χ4v) is 1.91. The number of anilines is 1. The van der Waals surface area contributed by atoms with E-state index >= 15 is 0 Å². The van der Waals surface area contributed by atoms with Crippen molar-refractivity contribution in [1.29, 1.82) is 0 Å². The van der Waals surface area contributed by atoms with Crippen molar-refractivity contribution in [2.75, 3.05) is 18.5 Å². The Balaban J connectivity index is 2.50. The number of ether oxygens (including phenoxy) is 1. The zero-order valence-corrected chi connectivity index (χ0v) is 10.1. The van der Waals surface area contributed by atoms with Crippen LogP contribution in [-0.4, -0.2) is 13.2 Å². The molecule has 0 saturated heterocycles. The molecule has 0 radical (unpaired) electrons. The number of hydrogen-bond donors (Lipinski definition) is 1. The van der Waals surface area contributed by atoms with Crippen LogP contribution in [0.15, 0.2) is 12.1 Å². The summed E-state index contributed by atoms with van der Waals surface area (Å²) < 4.78 is 5.59. The molecule has 0 spiro atoms. The van der Waals surface area contributed by atoms with Gasteiger partial charge in [-0.25, -0.2) is 0 Å². The van der Waals surface area contributed by atoms with Gasteiger partial charge in [-0.2, -0.15) is 0 Å². The van der Waals surface area contributed by atoms with Crippen LogP contribution >= 0.6 is 11.6 Å². The van der Waals surface area contributed by atoms with Crippen LogP contribution in [0, 0.1) is 0 Å². The van der Waals surface area contributed by atoms with Gasteiger partial charge in [-0.15, -0.1) is 0 Å². The van der Waals surface area contributed by atoms with E-state index in [2.05, 4.69) is 32.2 Å². The van der Waals surface area contributed by atoms with Gasteiger partial charge < -0.3 is 10.1 Å².